The van der Waals surface area contributed by atoms with Crippen LogP contribution in [0.25, 0.3) is 0 Å². The lowest BCUT2D eigenvalue weighted by Crippen LogP contribution is -2.11. The van der Waals surface area contributed by atoms with Crippen molar-refractivity contribution in [1.82, 2.24) is 0 Å². The highest BCUT2D eigenvalue weighted by Crippen LogP contribution is 2.22. The summed E-state index contributed by atoms with van der Waals surface area (Å²) in [4.78, 5) is 11.6. The minimum Gasteiger partial charge on any atom is -0.382 e. The standard InChI is InChI=1S/C13H15BrF2O3/c1-18-6-7-19-5-4-9(17)8-10-12(15)3-2-11(14)13(10)16/h2-3H,4-8H2,1H3. The van der Waals surface area contributed by atoms with Crippen molar-refractivity contribution in [3.8, 4) is 0 Å². The zero-order valence-corrected chi connectivity index (χ0v) is 12.1. The molecule has 106 valence electrons. The minimum absolute atomic E-state index is 0.120. The molecule has 0 heterocycles. The summed E-state index contributed by atoms with van der Waals surface area (Å²) in [6.07, 6.45) is -0.153. The molecule has 0 aliphatic carbocycles. The van der Waals surface area contributed by atoms with E-state index in [-0.39, 0.29) is 35.3 Å². The van der Waals surface area contributed by atoms with Crippen molar-refractivity contribution >= 4 is 21.7 Å². The van der Waals surface area contributed by atoms with Crippen LogP contribution in [0.3, 0.4) is 0 Å². The number of ketones is 1. The van der Waals surface area contributed by atoms with Gasteiger partial charge in [-0.2, -0.15) is 0 Å². The van der Waals surface area contributed by atoms with Crippen molar-refractivity contribution < 1.29 is 23.0 Å². The van der Waals surface area contributed by atoms with Gasteiger partial charge >= 0.3 is 0 Å². The van der Waals surface area contributed by atoms with Crippen molar-refractivity contribution in [3.63, 3.8) is 0 Å². The van der Waals surface area contributed by atoms with Crippen molar-refractivity contribution in [2.24, 2.45) is 0 Å². The molecular weight excluding hydrogens is 322 g/mol. The predicted octanol–water partition coefficient (Wildman–Crippen LogP) is 2.89. The molecule has 0 aliphatic rings. The molecule has 3 nitrogen and oxygen atoms in total. The third-order valence-corrected chi connectivity index (χ3v) is 3.08. The lowest BCUT2D eigenvalue weighted by atomic mass is 10.1. The first-order chi connectivity index (χ1) is 9.06. The van der Waals surface area contributed by atoms with E-state index in [1.165, 1.54) is 6.07 Å². The number of halogens is 3. The third-order valence-electron chi connectivity index (χ3n) is 2.47. The Kier molecular flexibility index (Phi) is 7.12. The van der Waals surface area contributed by atoms with E-state index in [0.717, 1.165) is 6.07 Å². The molecule has 0 aliphatic heterocycles. The van der Waals surface area contributed by atoms with Gasteiger partial charge < -0.3 is 9.47 Å². The van der Waals surface area contributed by atoms with Gasteiger partial charge in [0.25, 0.3) is 0 Å². The number of methoxy groups -OCH3 is 1. The number of ether oxygens (including phenoxy) is 2. The van der Waals surface area contributed by atoms with E-state index < -0.39 is 11.6 Å². The fourth-order valence-corrected chi connectivity index (χ4v) is 1.82. The summed E-state index contributed by atoms with van der Waals surface area (Å²) in [5.41, 5.74) is -0.212. The predicted molar refractivity (Wildman–Crippen MR) is 70.1 cm³/mol. The maximum Gasteiger partial charge on any atom is 0.143 e. The highest BCUT2D eigenvalue weighted by Gasteiger charge is 2.15. The van der Waals surface area contributed by atoms with Crippen molar-refractivity contribution in [3.05, 3.63) is 33.8 Å². The second-order valence-electron chi connectivity index (χ2n) is 3.89. The van der Waals surface area contributed by atoms with Crippen LogP contribution in [0.4, 0.5) is 8.78 Å². The van der Waals surface area contributed by atoms with Crippen molar-refractivity contribution in [2.45, 2.75) is 12.8 Å². The van der Waals surface area contributed by atoms with Crippen LogP contribution in [-0.4, -0.2) is 32.7 Å². The first-order valence-corrected chi connectivity index (χ1v) is 6.56. The average Bonchev–Trinajstić information content (AvgIpc) is 2.39. The second kappa shape index (κ2) is 8.35. The molecule has 0 spiro atoms. The van der Waals surface area contributed by atoms with Gasteiger partial charge in [0.15, 0.2) is 0 Å². The Labute approximate surface area is 119 Å². The second-order valence-corrected chi connectivity index (χ2v) is 4.75. The van der Waals surface area contributed by atoms with Crippen LogP contribution in [-0.2, 0) is 20.7 Å². The van der Waals surface area contributed by atoms with Gasteiger partial charge in [-0.05, 0) is 28.1 Å². The van der Waals surface area contributed by atoms with Crippen LogP contribution in [0, 0.1) is 11.6 Å². The summed E-state index contributed by atoms with van der Waals surface area (Å²) in [5.74, 6) is -1.71. The van der Waals surface area contributed by atoms with Crippen LogP contribution in [0.2, 0.25) is 0 Å². The fraction of sp³-hybridized carbons (Fsp3) is 0.462. The van der Waals surface area contributed by atoms with E-state index in [1.54, 1.807) is 7.11 Å². The van der Waals surface area contributed by atoms with Gasteiger partial charge in [-0.25, -0.2) is 8.78 Å². The van der Waals surface area contributed by atoms with E-state index in [4.69, 9.17) is 9.47 Å². The molecule has 19 heavy (non-hydrogen) atoms. The van der Waals surface area contributed by atoms with E-state index in [0.29, 0.717) is 13.2 Å². The molecule has 0 bridgehead atoms. The normalized spacial score (nSPS) is 10.7. The number of rotatable bonds is 8. The average molecular weight is 337 g/mol. The maximum atomic E-state index is 13.6. The lowest BCUT2D eigenvalue weighted by Gasteiger charge is -2.06. The monoisotopic (exact) mass is 336 g/mol. The van der Waals surface area contributed by atoms with Crippen molar-refractivity contribution in [2.75, 3.05) is 26.9 Å². The number of hydrogen-bond acceptors (Lipinski definition) is 3. The van der Waals surface area contributed by atoms with Crippen LogP contribution in [0.15, 0.2) is 16.6 Å². The third kappa shape index (κ3) is 5.34. The van der Waals surface area contributed by atoms with E-state index in [1.807, 2.05) is 0 Å². The number of Topliss-reactive ketones (excluding diaryl/α,β-unsaturated/α-hetero) is 1. The summed E-state index contributed by atoms with van der Waals surface area (Å²) < 4.78 is 37.1. The number of carbonyl (C=O) groups is 1. The Hall–Kier alpha value is -0.850. The Bertz CT molecular complexity index is 438. The summed E-state index contributed by atoms with van der Waals surface area (Å²) in [6.45, 7) is 1.06. The molecule has 0 aromatic heterocycles. The van der Waals surface area contributed by atoms with Gasteiger partial charge in [0.05, 0.1) is 24.3 Å². The summed E-state index contributed by atoms with van der Waals surface area (Å²) in [6, 6.07) is 2.40. The Morgan fingerprint density at radius 2 is 2.00 bits per heavy atom. The zero-order valence-electron chi connectivity index (χ0n) is 10.5. The van der Waals surface area contributed by atoms with E-state index >= 15 is 0 Å². The van der Waals surface area contributed by atoms with Crippen molar-refractivity contribution in [1.29, 1.82) is 0 Å². The Morgan fingerprint density at radius 3 is 2.68 bits per heavy atom. The molecule has 0 radical (unpaired) electrons. The smallest absolute Gasteiger partial charge is 0.143 e. The molecule has 0 fully saturated rings. The van der Waals surface area contributed by atoms with E-state index in [2.05, 4.69) is 15.9 Å². The molecule has 0 amide bonds. The van der Waals surface area contributed by atoms with Gasteiger partial charge in [0.1, 0.15) is 17.4 Å². The summed E-state index contributed by atoms with van der Waals surface area (Å²) in [7, 11) is 1.55. The van der Waals surface area contributed by atoms with Crippen LogP contribution >= 0.6 is 15.9 Å². The van der Waals surface area contributed by atoms with Gasteiger partial charge in [0.2, 0.25) is 0 Å². The Balaban J connectivity index is 2.47. The molecule has 1 rings (SSSR count). The molecule has 0 saturated heterocycles. The zero-order chi connectivity index (χ0) is 14.3. The molecule has 0 atom stereocenters. The van der Waals surface area contributed by atoms with Crippen LogP contribution < -0.4 is 0 Å². The molecule has 0 saturated carbocycles. The topological polar surface area (TPSA) is 35.5 Å². The summed E-state index contributed by atoms with van der Waals surface area (Å²) >= 11 is 2.96. The fourth-order valence-electron chi connectivity index (χ4n) is 1.45. The Morgan fingerprint density at radius 1 is 1.26 bits per heavy atom. The molecule has 6 heteroatoms. The molecule has 0 unspecified atom stereocenters. The van der Waals surface area contributed by atoms with Gasteiger partial charge in [-0.15, -0.1) is 0 Å². The number of carbonyl (C=O) groups excluding carboxylic acids is 1. The molecular formula is C13H15BrF2O3. The van der Waals surface area contributed by atoms with Gasteiger partial charge in [-0.3, -0.25) is 4.79 Å². The molecule has 1 aromatic carbocycles. The highest BCUT2D eigenvalue weighted by atomic mass is 79.9. The van der Waals surface area contributed by atoms with Gasteiger partial charge in [0, 0.05) is 25.5 Å². The number of hydrogen-bond donors (Lipinski definition) is 0. The lowest BCUT2D eigenvalue weighted by molar-refractivity contribution is -0.119. The largest absolute Gasteiger partial charge is 0.382 e. The maximum absolute atomic E-state index is 13.6. The van der Waals surface area contributed by atoms with E-state index in [9.17, 15) is 13.6 Å². The summed E-state index contributed by atoms with van der Waals surface area (Å²) in [5, 5.41) is 0. The number of benzene rings is 1. The van der Waals surface area contributed by atoms with Crippen LogP contribution in [0.1, 0.15) is 12.0 Å². The quantitative estimate of drug-likeness (QED) is 0.541. The SMILES string of the molecule is COCCOCCC(=O)Cc1c(F)ccc(Br)c1F. The molecule has 1 aromatic rings. The first-order valence-electron chi connectivity index (χ1n) is 5.77. The minimum atomic E-state index is -0.728. The van der Waals surface area contributed by atoms with Gasteiger partial charge in [-0.1, -0.05) is 0 Å². The molecule has 0 N–H and O–H groups in total. The highest BCUT2D eigenvalue weighted by molar-refractivity contribution is 9.10. The van der Waals surface area contributed by atoms with Crippen LogP contribution in [0.5, 0.6) is 0 Å². The first kappa shape index (κ1) is 16.2.